The van der Waals surface area contributed by atoms with E-state index in [1.54, 1.807) is 33.5 Å². The van der Waals surface area contributed by atoms with Crippen LogP contribution in [0.4, 0.5) is 0 Å². The summed E-state index contributed by atoms with van der Waals surface area (Å²) in [7, 11) is 0. The maximum absolute atomic E-state index is 14.4. The number of β-amino-alcohol motifs (C(OH)–C–C–N with tert-alkyl or cyclic N) is 1. The van der Waals surface area contributed by atoms with E-state index < -0.39 is 22.6 Å². The standard InChI is InChI=1S/C28H35N5O5S/c1-4-6-9-15-38-27(37)22-21-16-18(3)28(39-21)23(22)25(35)32(13-14-34)24(28)26(36)31(12-5-2)17-33-20-11-8-7-10-19(20)29-30-33/h4-5,7-8,10-11,18,21-24,34H,1-2,6,9,12-17H2,3H3/t18?,21-,22+,23-,24?,28?/m0/s1. The van der Waals surface area contributed by atoms with Crippen molar-refractivity contribution in [1.82, 2.24) is 24.8 Å². The number of unbranched alkanes of at least 4 members (excludes halogenated alkanes) is 1. The molecule has 1 aromatic carbocycles. The van der Waals surface area contributed by atoms with Crippen molar-refractivity contribution in [2.24, 2.45) is 17.8 Å². The summed E-state index contributed by atoms with van der Waals surface area (Å²) in [4.78, 5) is 44.8. The number of fused-ring (bicyclic) bond motifs is 2. The summed E-state index contributed by atoms with van der Waals surface area (Å²) in [6.45, 7) is 9.96. The Bertz CT molecular complexity index is 1280. The highest BCUT2D eigenvalue weighted by molar-refractivity contribution is 8.02. The van der Waals surface area contributed by atoms with Crippen LogP contribution in [0, 0.1) is 17.8 Å². The van der Waals surface area contributed by atoms with E-state index in [9.17, 15) is 19.5 Å². The first kappa shape index (κ1) is 27.4. The molecule has 1 N–H and O–H groups in total. The third-order valence-corrected chi connectivity index (χ3v) is 10.4. The number of aliphatic hydroxyl groups excluding tert-OH is 1. The van der Waals surface area contributed by atoms with Crippen molar-refractivity contribution in [3.05, 3.63) is 49.6 Å². The van der Waals surface area contributed by atoms with Crippen molar-refractivity contribution in [1.29, 1.82) is 0 Å². The number of para-hydroxylation sites is 1. The monoisotopic (exact) mass is 553 g/mol. The van der Waals surface area contributed by atoms with Gasteiger partial charge in [0.2, 0.25) is 11.8 Å². The summed E-state index contributed by atoms with van der Waals surface area (Å²) in [6, 6.07) is 6.67. The van der Waals surface area contributed by atoms with Gasteiger partial charge in [0.1, 0.15) is 18.2 Å². The van der Waals surface area contributed by atoms with Crippen LogP contribution in [0.15, 0.2) is 49.6 Å². The number of esters is 1. The van der Waals surface area contributed by atoms with Gasteiger partial charge in [0.15, 0.2) is 0 Å². The summed E-state index contributed by atoms with van der Waals surface area (Å²) in [5, 5.41) is 18.2. The third-order valence-electron chi connectivity index (χ3n) is 8.28. The molecule has 1 aromatic heterocycles. The van der Waals surface area contributed by atoms with Gasteiger partial charge in [-0.15, -0.1) is 30.0 Å². The molecule has 39 heavy (non-hydrogen) atoms. The van der Waals surface area contributed by atoms with Crippen LogP contribution >= 0.6 is 11.8 Å². The number of carbonyl (C=O) groups is 3. The zero-order chi connectivity index (χ0) is 27.7. The molecule has 0 radical (unpaired) electrons. The minimum absolute atomic E-state index is 0.0146. The number of aliphatic hydroxyl groups is 1. The summed E-state index contributed by atoms with van der Waals surface area (Å²) < 4.78 is 6.48. The molecule has 10 nitrogen and oxygen atoms in total. The highest BCUT2D eigenvalue weighted by Crippen LogP contribution is 2.68. The normalized spacial score (nSPS) is 29.0. The first-order valence-corrected chi connectivity index (χ1v) is 14.3. The van der Waals surface area contributed by atoms with Crippen molar-refractivity contribution in [3.63, 3.8) is 0 Å². The van der Waals surface area contributed by atoms with Gasteiger partial charge in [-0.25, -0.2) is 4.68 Å². The molecule has 2 bridgehead atoms. The Balaban J connectivity index is 1.47. The third kappa shape index (κ3) is 4.45. The van der Waals surface area contributed by atoms with Gasteiger partial charge in [0.05, 0.1) is 35.3 Å². The van der Waals surface area contributed by atoms with Crippen molar-refractivity contribution in [2.45, 2.75) is 48.9 Å². The molecule has 4 heterocycles. The molecule has 208 valence electrons. The molecule has 0 saturated carbocycles. The number of hydrogen-bond donors (Lipinski definition) is 1. The van der Waals surface area contributed by atoms with Crippen molar-refractivity contribution < 1.29 is 24.2 Å². The molecule has 2 aromatic rings. The Morgan fingerprint density at radius 1 is 1.31 bits per heavy atom. The van der Waals surface area contributed by atoms with E-state index in [0.717, 1.165) is 11.9 Å². The Kier molecular flexibility index (Phi) is 7.82. The first-order chi connectivity index (χ1) is 18.9. The second kappa shape index (κ2) is 11.1. The fraction of sp³-hybridized carbons (Fsp3) is 0.536. The summed E-state index contributed by atoms with van der Waals surface area (Å²) in [5.74, 6) is -2.17. The molecule has 6 atom stereocenters. The predicted octanol–water partition coefficient (Wildman–Crippen LogP) is 2.24. The minimum Gasteiger partial charge on any atom is -0.465 e. The molecule has 3 saturated heterocycles. The number of aromatic nitrogens is 3. The molecule has 3 fully saturated rings. The second-order valence-corrected chi connectivity index (χ2v) is 12.0. The summed E-state index contributed by atoms with van der Waals surface area (Å²) in [6.07, 6.45) is 5.54. The number of thioether (sulfide) groups is 1. The SMILES string of the molecule is C=CCCCOC(=O)[C@@H]1[C@@H]2CC(C)C3(S2)C(C(=O)N(CC=C)Cn2nnc4ccccc42)N(CCO)C(=O)[C@H]13. The highest BCUT2D eigenvalue weighted by Gasteiger charge is 2.76. The lowest BCUT2D eigenvalue weighted by Crippen LogP contribution is -2.57. The zero-order valence-electron chi connectivity index (χ0n) is 22.1. The molecule has 5 rings (SSSR count). The molecule has 11 heteroatoms. The summed E-state index contributed by atoms with van der Waals surface area (Å²) in [5.41, 5.74) is 1.50. The molecule has 2 amide bonds. The lowest BCUT2D eigenvalue weighted by molar-refractivity contribution is -0.154. The minimum atomic E-state index is -0.833. The Morgan fingerprint density at radius 2 is 2.10 bits per heavy atom. The van der Waals surface area contributed by atoms with Gasteiger partial charge in [-0.2, -0.15) is 0 Å². The largest absolute Gasteiger partial charge is 0.465 e. The van der Waals surface area contributed by atoms with Gasteiger partial charge >= 0.3 is 5.97 Å². The van der Waals surface area contributed by atoms with Crippen LogP contribution in [0.25, 0.3) is 11.0 Å². The van der Waals surface area contributed by atoms with Gasteiger partial charge in [0, 0.05) is 18.3 Å². The number of amides is 2. The average Bonchev–Trinajstić information content (AvgIpc) is 3.64. The predicted molar refractivity (Wildman–Crippen MR) is 147 cm³/mol. The van der Waals surface area contributed by atoms with Crippen molar-refractivity contribution in [2.75, 3.05) is 26.3 Å². The number of ether oxygens (including phenoxy) is 1. The van der Waals surface area contributed by atoms with Gasteiger partial charge < -0.3 is 19.6 Å². The zero-order valence-corrected chi connectivity index (χ0v) is 23.0. The smallest absolute Gasteiger partial charge is 0.310 e. The van der Waals surface area contributed by atoms with E-state index in [0.29, 0.717) is 18.4 Å². The van der Waals surface area contributed by atoms with Crippen molar-refractivity contribution >= 4 is 40.6 Å². The van der Waals surface area contributed by atoms with Gasteiger partial charge in [0.25, 0.3) is 0 Å². The number of likely N-dealkylation sites (tertiary alicyclic amines) is 1. The number of benzene rings is 1. The molecular formula is C28H35N5O5S. The Labute approximate surface area is 232 Å². The molecular weight excluding hydrogens is 518 g/mol. The number of nitrogens with zero attached hydrogens (tertiary/aromatic N) is 5. The number of carbonyl (C=O) groups excluding carboxylic acids is 3. The molecule has 1 spiro atoms. The van der Waals surface area contributed by atoms with E-state index in [-0.39, 0.29) is 61.9 Å². The Hall–Kier alpha value is -3.18. The summed E-state index contributed by atoms with van der Waals surface area (Å²) >= 11 is 1.58. The Morgan fingerprint density at radius 3 is 2.85 bits per heavy atom. The maximum atomic E-state index is 14.4. The van der Waals surface area contributed by atoms with E-state index >= 15 is 0 Å². The van der Waals surface area contributed by atoms with Crippen LogP contribution in [-0.2, 0) is 25.8 Å². The molecule has 0 aliphatic carbocycles. The van der Waals surface area contributed by atoms with E-state index in [1.807, 2.05) is 24.3 Å². The first-order valence-electron chi connectivity index (χ1n) is 13.4. The number of rotatable bonds is 12. The van der Waals surface area contributed by atoms with Gasteiger partial charge in [-0.05, 0) is 37.3 Å². The fourth-order valence-electron chi connectivity index (χ4n) is 6.64. The molecule has 3 aliphatic heterocycles. The van der Waals surface area contributed by atoms with Crippen LogP contribution in [0.5, 0.6) is 0 Å². The van der Waals surface area contributed by atoms with Crippen LogP contribution in [0.2, 0.25) is 0 Å². The quantitative estimate of drug-likeness (QED) is 0.242. The van der Waals surface area contributed by atoms with E-state index in [2.05, 4.69) is 30.4 Å². The fourth-order valence-corrected chi connectivity index (χ4v) is 9.05. The van der Waals surface area contributed by atoms with Crippen molar-refractivity contribution in [3.8, 4) is 0 Å². The van der Waals surface area contributed by atoms with Gasteiger partial charge in [-0.3, -0.25) is 14.4 Å². The van der Waals surface area contributed by atoms with Crippen LogP contribution in [-0.4, -0.2) is 90.0 Å². The topological polar surface area (TPSA) is 118 Å². The lowest BCUT2D eigenvalue weighted by atomic mass is 9.66. The second-order valence-electron chi connectivity index (χ2n) is 10.5. The number of allylic oxidation sites excluding steroid dienone is 1. The van der Waals surface area contributed by atoms with E-state index in [4.69, 9.17) is 4.74 Å². The van der Waals surface area contributed by atoms with Crippen LogP contribution < -0.4 is 0 Å². The lowest BCUT2D eigenvalue weighted by Gasteiger charge is -2.40. The average molecular weight is 554 g/mol. The molecule has 3 unspecified atom stereocenters. The van der Waals surface area contributed by atoms with E-state index in [1.165, 1.54) is 4.90 Å². The number of hydrogen-bond acceptors (Lipinski definition) is 8. The van der Waals surface area contributed by atoms with Gasteiger partial charge in [-0.1, -0.05) is 36.4 Å². The molecule has 3 aliphatic rings. The maximum Gasteiger partial charge on any atom is 0.310 e. The highest BCUT2D eigenvalue weighted by atomic mass is 32.2. The van der Waals surface area contributed by atoms with Crippen LogP contribution in [0.1, 0.15) is 26.2 Å². The van der Waals surface area contributed by atoms with Crippen LogP contribution in [0.3, 0.4) is 0 Å².